The molecule has 3 nitrogen and oxygen atoms in total. The molecule has 0 aromatic rings. The first-order chi connectivity index (χ1) is 7.31. The number of ether oxygens (including phenoxy) is 1. The quantitative estimate of drug-likeness (QED) is 0.738. The molecule has 0 saturated carbocycles. The summed E-state index contributed by atoms with van der Waals surface area (Å²) < 4.78 is 5.82. The van der Waals surface area contributed by atoms with Crippen molar-refractivity contribution in [3.8, 4) is 0 Å². The lowest BCUT2D eigenvalue weighted by molar-refractivity contribution is 0.0994. The molecule has 0 aromatic carbocycles. The van der Waals surface area contributed by atoms with Crippen LogP contribution in [0, 0.1) is 5.92 Å². The number of hydrogen-bond acceptors (Lipinski definition) is 4. The predicted octanol–water partition coefficient (Wildman–Crippen LogP) is 1.63. The minimum atomic E-state index is 0.456. The highest BCUT2D eigenvalue weighted by atomic mass is 32.2. The first-order valence-electron chi connectivity index (χ1n) is 5.90. The van der Waals surface area contributed by atoms with Crippen LogP contribution in [0.1, 0.15) is 26.2 Å². The van der Waals surface area contributed by atoms with Crippen LogP contribution in [0.2, 0.25) is 0 Å². The van der Waals surface area contributed by atoms with E-state index in [1.807, 2.05) is 11.8 Å². The normalized spacial score (nSPS) is 44.2. The lowest BCUT2D eigenvalue weighted by Gasteiger charge is -2.24. The van der Waals surface area contributed by atoms with Gasteiger partial charge in [0.1, 0.15) is 0 Å². The second-order valence-electron chi connectivity index (χ2n) is 4.92. The summed E-state index contributed by atoms with van der Waals surface area (Å²) in [5, 5.41) is 4.71. The van der Waals surface area contributed by atoms with Crippen LogP contribution < -0.4 is 5.32 Å². The second-order valence-corrected chi connectivity index (χ2v) is 5.93. The lowest BCUT2D eigenvalue weighted by Crippen LogP contribution is -2.41. The van der Waals surface area contributed by atoms with Crippen LogP contribution in [-0.4, -0.2) is 35.7 Å². The maximum absolute atomic E-state index is 5.82. The van der Waals surface area contributed by atoms with Gasteiger partial charge in [0.2, 0.25) is 0 Å². The minimum Gasteiger partial charge on any atom is -0.373 e. The largest absolute Gasteiger partial charge is 0.373 e. The standard InChI is InChI=1S/C11H18N2OS/c1-7-5-12-11(15-6-7)13-9-4-8-2-3-10(9)14-8/h7-10H,2-6H2,1H3,(H,12,13). The van der Waals surface area contributed by atoms with Crippen LogP contribution in [0.5, 0.6) is 0 Å². The van der Waals surface area contributed by atoms with E-state index in [0.29, 0.717) is 18.2 Å². The Balaban J connectivity index is 1.57. The monoisotopic (exact) mass is 226 g/mol. The number of hydrogen-bond donors (Lipinski definition) is 1. The summed E-state index contributed by atoms with van der Waals surface area (Å²) >= 11 is 1.87. The molecule has 2 saturated heterocycles. The van der Waals surface area contributed by atoms with Crippen molar-refractivity contribution in [1.82, 2.24) is 5.32 Å². The molecule has 0 aromatic heterocycles. The van der Waals surface area contributed by atoms with Crippen LogP contribution in [0.25, 0.3) is 0 Å². The molecule has 4 unspecified atom stereocenters. The summed E-state index contributed by atoms with van der Waals surface area (Å²) in [6.45, 7) is 3.24. The van der Waals surface area contributed by atoms with E-state index in [9.17, 15) is 0 Å². The highest BCUT2D eigenvalue weighted by Crippen LogP contribution is 2.34. The first-order valence-corrected chi connectivity index (χ1v) is 6.89. The van der Waals surface area contributed by atoms with Crippen molar-refractivity contribution in [2.75, 3.05) is 12.3 Å². The number of rotatable bonds is 1. The molecular weight excluding hydrogens is 208 g/mol. The Morgan fingerprint density at radius 3 is 3.00 bits per heavy atom. The topological polar surface area (TPSA) is 33.6 Å². The Kier molecular flexibility index (Phi) is 2.64. The highest BCUT2D eigenvalue weighted by molar-refractivity contribution is 8.13. The summed E-state index contributed by atoms with van der Waals surface area (Å²) in [6.07, 6.45) is 4.66. The van der Waals surface area contributed by atoms with E-state index >= 15 is 0 Å². The summed E-state index contributed by atoms with van der Waals surface area (Å²) in [4.78, 5) is 4.57. The first kappa shape index (κ1) is 9.97. The fourth-order valence-electron chi connectivity index (χ4n) is 2.59. The van der Waals surface area contributed by atoms with E-state index in [-0.39, 0.29) is 0 Å². The Morgan fingerprint density at radius 1 is 1.47 bits per heavy atom. The van der Waals surface area contributed by atoms with Gasteiger partial charge in [0.05, 0.1) is 18.2 Å². The van der Waals surface area contributed by atoms with E-state index in [4.69, 9.17) is 4.74 Å². The lowest BCUT2D eigenvalue weighted by atomic mass is 9.96. The molecule has 4 heteroatoms. The van der Waals surface area contributed by atoms with Gasteiger partial charge in [0, 0.05) is 12.3 Å². The molecule has 4 atom stereocenters. The third-order valence-corrected chi connectivity index (χ3v) is 4.72. The van der Waals surface area contributed by atoms with Gasteiger partial charge in [-0.25, -0.2) is 0 Å². The number of thioether (sulfide) groups is 1. The molecule has 3 aliphatic heterocycles. The number of nitrogens with one attached hydrogen (secondary N) is 1. The van der Waals surface area contributed by atoms with E-state index < -0.39 is 0 Å². The zero-order valence-corrected chi connectivity index (χ0v) is 9.93. The van der Waals surface area contributed by atoms with Crippen molar-refractivity contribution in [3.05, 3.63) is 0 Å². The van der Waals surface area contributed by atoms with Gasteiger partial charge in [-0.05, 0) is 25.2 Å². The molecule has 0 spiro atoms. The van der Waals surface area contributed by atoms with Crippen molar-refractivity contribution in [2.24, 2.45) is 10.9 Å². The van der Waals surface area contributed by atoms with E-state index in [2.05, 4.69) is 17.2 Å². The van der Waals surface area contributed by atoms with E-state index in [0.717, 1.165) is 17.6 Å². The second kappa shape index (κ2) is 3.98. The summed E-state index contributed by atoms with van der Waals surface area (Å²) in [7, 11) is 0. The summed E-state index contributed by atoms with van der Waals surface area (Å²) in [5.41, 5.74) is 0. The number of amidine groups is 1. The molecule has 3 rings (SSSR count). The Labute approximate surface area is 95.1 Å². The van der Waals surface area contributed by atoms with E-state index in [1.165, 1.54) is 25.0 Å². The summed E-state index contributed by atoms with van der Waals surface area (Å²) in [5.74, 6) is 1.94. The van der Waals surface area contributed by atoms with Crippen LogP contribution in [0.3, 0.4) is 0 Å². The van der Waals surface area contributed by atoms with E-state index in [1.54, 1.807) is 0 Å². The number of aliphatic imine (C=N–C) groups is 1. The van der Waals surface area contributed by atoms with Gasteiger partial charge in [0.25, 0.3) is 0 Å². The third-order valence-electron chi connectivity index (χ3n) is 3.47. The van der Waals surface area contributed by atoms with Gasteiger partial charge < -0.3 is 10.1 Å². The Hall–Kier alpha value is -0.220. The SMILES string of the molecule is CC1CN=C(NC2CC3CCC2O3)SC1. The molecule has 15 heavy (non-hydrogen) atoms. The van der Waals surface area contributed by atoms with Crippen molar-refractivity contribution in [2.45, 2.75) is 44.4 Å². The zero-order valence-electron chi connectivity index (χ0n) is 9.11. The molecule has 2 bridgehead atoms. The number of fused-ring (bicyclic) bond motifs is 2. The van der Waals surface area contributed by atoms with Crippen LogP contribution in [0.4, 0.5) is 0 Å². The van der Waals surface area contributed by atoms with Gasteiger partial charge in [-0.3, -0.25) is 4.99 Å². The summed E-state index contributed by atoms with van der Waals surface area (Å²) in [6, 6.07) is 0.531. The molecule has 2 fully saturated rings. The van der Waals surface area contributed by atoms with Crippen LogP contribution >= 0.6 is 11.8 Å². The van der Waals surface area contributed by atoms with Gasteiger partial charge >= 0.3 is 0 Å². The molecular formula is C11H18N2OS. The van der Waals surface area contributed by atoms with Crippen molar-refractivity contribution >= 4 is 16.9 Å². The van der Waals surface area contributed by atoms with Gasteiger partial charge in [0.15, 0.2) is 5.17 Å². The maximum atomic E-state index is 5.82. The third kappa shape index (κ3) is 2.02. The molecule has 3 aliphatic rings. The molecule has 0 radical (unpaired) electrons. The molecule has 0 aliphatic carbocycles. The smallest absolute Gasteiger partial charge is 0.156 e. The average molecular weight is 226 g/mol. The van der Waals surface area contributed by atoms with Gasteiger partial charge in [-0.15, -0.1) is 0 Å². The van der Waals surface area contributed by atoms with Crippen LogP contribution in [0.15, 0.2) is 4.99 Å². The Bertz CT molecular complexity index is 282. The van der Waals surface area contributed by atoms with Gasteiger partial charge in [-0.2, -0.15) is 0 Å². The fraction of sp³-hybridized carbons (Fsp3) is 0.909. The maximum Gasteiger partial charge on any atom is 0.156 e. The van der Waals surface area contributed by atoms with Gasteiger partial charge in [-0.1, -0.05) is 18.7 Å². The highest BCUT2D eigenvalue weighted by Gasteiger charge is 2.41. The molecule has 0 amide bonds. The predicted molar refractivity (Wildman–Crippen MR) is 63.4 cm³/mol. The fourth-order valence-corrected chi connectivity index (χ4v) is 3.54. The van der Waals surface area contributed by atoms with Crippen molar-refractivity contribution in [3.63, 3.8) is 0 Å². The van der Waals surface area contributed by atoms with Crippen LogP contribution in [-0.2, 0) is 4.74 Å². The zero-order chi connectivity index (χ0) is 10.3. The number of nitrogens with zero attached hydrogens (tertiary/aromatic N) is 1. The minimum absolute atomic E-state index is 0.456. The van der Waals surface area contributed by atoms with Crippen molar-refractivity contribution in [1.29, 1.82) is 0 Å². The van der Waals surface area contributed by atoms with Crippen molar-refractivity contribution < 1.29 is 4.74 Å². The molecule has 84 valence electrons. The average Bonchev–Trinajstić information content (AvgIpc) is 2.83. The molecule has 1 N–H and O–H groups in total. The molecule has 3 heterocycles. The Morgan fingerprint density at radius 2 is 2.40 bits per heavy atom.